The van der Waals surface area contributed by atoms with E-state index in [0.717, 1.165) is 33.9 Å². The molecule has 21 heavy (non-hydrogen) atoms. The van der Waals surface area contributed by atoms with Crippen molar-refractivity contribution in [1.82, 2.24) is 20.1 Å². The molecule has 0 radical (unpaired) electrons. The maximum Gasteiger partial charge on any atom is 0.154 e. The summed E-state index contributed by atoms with van der Waals surface area (Å²) in [5.41, 5.74) is 4.35. The maximum absolute atomic E-state index is 4.82. The van der Waals surface area contributed by atoms with Crippen LogP contribution in [-0.2, 0) is 12.0 Å². The van der Waals surface area contributed by atoms with Crippen molar-refractivity contribution < 1.29 is 0 Å². The predicted octanol–water partition coefficient (Wildman–Crippen LogP) is 3.66. The van der Waals surface area contributed by atoms with Gasteiger partial charge in [0, 0.05) is 17.7 Å². The predicted molar refractivity (Wildman–Crippen MR) is 90.0 cm³/mol. The Kier molecular flexibility index (Phi) is 4.54. The van der Waals surface area contributed by atoms with Gasteiger partial charge in [-0.2, -0.15) is 5.10 Å². The molecule has 0 unspecified atom stereocenters. The van der Waals surface area contributed by atoms with Crippen LogP contribution in [0.1, 0.15) is 43.4 Å². The molecule has 0 aliphatic rings. The van der Waals surface area contributed by atoms with Gasteiger partial charge in [-0.3, -0.25) is 0 Å². The first kappa shape index (κ1) is 16.2. The van der Waals surface area contributed by atoms with Crippen molar-refractivity contribution in [2.24, 2.45) is 0 Å². The lowest BCUT2D eigenvalue weighted by Gasteiger charge is -2.20. The van der Waals surface area contributed by atoms with Gasteiger partial charge in [-0.05, 0) is 54.5 Å². The summed E-state index contributed by atoms with van der Waals surface area (Å²) < 4.78 is 2.95. The molecule has 0 spiro atoms. The van der Waals surface area contributed by atoms with E-state index in [9.17, 15) is 0 Å². The number of aromatic nitrogens is 3. The second-order valence-electron chi connectivity index (χ2n) is 6.40. The second kappa shape index (κ2) is 5.89. The zero-order valence-corrected chi connectivity index (χ0v) is 15.2. The number of hydrogen-bond donors (Lipinski definition) is 1. The summed E-state index contributed by atoms with van der Waals surface area (Å²) in [4.78, 5) is 4.82. The van der Waals surface area contributed by atoms with Crippen molar-refractivity contribution in [2.75, 3.05) is 7.05 Å². The van der Waals surface area contributed by atoms with E-state index < -0.39 is 0 Å². The molecule has 114 valence electrons. The van der Waals surface area contributed by atoms with E-state index in [1.165, 1.54) is 5.56 Å². The summed E-state index contributed by atoms with van der Waals surface area (Å²) in [5, 5.41) is 7.80. The van der Waals surface area contributed by atoms with Gasteiger partial charge in [0.1, 0.15) is 0 Å². The average Bonchev–Trinajstić information content (AvgIpc) is 2.66. The number of rotatable bonds is 3. The van der Waals surface area contributed by atoms with Gasteiger partial charge in [-0.1, -0.05) is 20.8 Å². The normalized spacial score (nSPS) is 12.0. The molecule has 0 aliphatic carbocycles. The molecule has 0 bridgehead atoms. The Morgan fingerprint density at radius 1 is 1.24 bits per heavy atom. The molecule has 0 aromatic carbocycles. The van der Waals surface area contributed by atoms with E-state index in [1.807, 2.05) is 25.6 Å². The molecule has 0 amide bonds. The zero-order valence-electron chi connectivity index (χ0n) is 13.6. The molecule has 0 atom stereocenters. The molecule has 2 heterocycles. The molecule has 2 aromatic heterocycles. The number of nitrogens with one attached hydrogen (secondary N) is 1. The fourth-order valence-electron chi connectivity index (χ4n) is 2.22. The number of hydrogen-bond acceptors (Lipinski definition) is 3. The SMILES string of the molecule is CNCc1cc(-n2nc(C)c(Br)c2C)nc(C(C)(C)C)c1. The third kappa shape index (κ3) is 3.35. The van der Waals surface area contributed by atoms with Crippen LogP contribution in [0.3, 0.4) is 0 Å². The van der Waals surface area contributed by atoms with Gasteiger partial charge in [-0.15, -0.1) is 0 Å². The molecule has 4 nitrogen and oxygen atoms in total. The van der Waals surface area contributed by atoms with Crippen LogP contribution in [0.2, 0.25) is 0 Å². The van der Waals surface area contributed by atoms with E-state index in [2.05, 4.69) is 59.2 Å². The topological polar surface area (TPSA) is 42.7 Å². The third-order valence-electron chi connectivity index (χ3n) is 3.44. The van der Waals surface area contributed by atoms with Crippen LogP contribution < -0.4 is 5.32 Å². The minimum atomic E-state index is 0.00579. The highest BCUT2D eigenvalue weighted by molar-refractivity contribution is 9.10. The van der Waals surface area contributed by atoms with Gasteiger partial charge in [0.15, 0.2) is 5.82 Å². The first-order valence-corrected chi connectivity index (χ1v) is 7.91. The summed E-state index contributed by atoms with van der Waals surface area (Å²) in [5.74, 6) is 0.874. The monoisotopic (exact) mass is 350 g/mol. The zero-order chi connectivity index (χ0) is 15.8. The average molecular weight is 351 g/mol. The fraction of sp³-hybridized carbons (Fsp3) is 0.500. The van der Waals surface area contributed by atoms with Gasteiger partial charge in [-0.25, -0.2) is 9.67 Å². The number of nitrogens with zero attached hydrogens (tertiary/aromatic N) is 3. The van der Waals surface area contributed by atoms with Crippen molar-refractivity contribution >= 4 is 15.9 Å². The molecule has 0 saturated heterocycles. The van der Waals surface area contributed by atoms with Gasteiger partial charge in [0.2, 0.25) is 0 Å². The highest BCUT2D eigenvalue weighted by Crippen LogP contribution is 2.26. The van der Waals surface area contributed by atoms with E-state index >= 15 is 0 Å². The smallest absolute Gasteiger partial charge is 0.154 e. The van der Waals surface area contributed by atoms with E-state index in [1.54, 1.807) is 0 Å². The summed E-state index contributed by atoms with van der Waals surface area (Å²) >= 11 is 3.58. The Hall–Kier alpha value is -1.20. The van der Waals surface area contributed by atoms with Crippen LogP contribution in [0, 0.1) is 13.8 Å². The van der Waals surface area contributed by atoms with Crippen LogP contribution in [0.4, 0.5) is 0 Å². The molecule has 0 saturated carbocycles. The summed E-state index contributed by atoms with van der Waals surface area (Å²) in [6.45, 7) is 11.4. The number of halogens is 1. The van der Waals surface area contributed by atoms with Gasteiger partial charge in [0.25, 0.3) is 0 Å². The minimum Gasteiger partial charge on any atom is -0.316 e. The first-order chi connectivity index (χ1) is 9.74. The highest BCUT2D eigenvalue weighted by atomic mass is 79.9. The molecule has 1 N–H and O–H groups in total. The van der Waals surface area contributed by atoms with Crippen molar-refractivity contribution in [3.63, 3.8) is 0 Å². The second-order valence-corrected chi connectivity index (χ2v) is 7.19. The lowest BCUT2D eigenvalue weighted by molar-refractivity contribution is 0.563. The van der Waals surface area contributed by atoms with E-state index in [4.69, 9.17) is 4.98 Å². The molecule has 0 fully saturated rings. The minimum absolute atomic E-state index is 0.00579. The molecule has 5 heteroatoms. The van der Waals surface area contributed by atoms with Crippen molar-refractivity contribution in [2.45, 2.75) is 46.6 Å². The lowest BCUT2D eigenvalue weighted by atomic mass is 9.90. The summed E-state index contributed by atoms with van der Waals surface area (Å²) in [7, 11) is 1.96. The van der Waals surface area contributed by atoms with E-state index in [0.29, 0.717) is 0 Å². The van der Waals surface area contributed by atoms with E-state index in [-0.39, 0.29) is 5.41 Å². The van der Waals surface area contributed by atoms with Crippen LogP contribution in [-0.4, -0.2) is 21.8 Å². The standard InChI is InChI=1S/C16H23BrN4/c1-10-15(17)11(2)21(20-10)14-8-12(9-18-6)7-13(19-14)16(3,4)5/h7-8,18H,9H2,1-6H3. The lowest BCUT2D eigenvalue weighted by Crippen LogP contribution is -2.17. The summed E-state index contributed by atoms with van der Waals surface area (Å²) in [6, 6.07) is 4.26. The quantitative estimate of drug-likeness (QED) is 0.918. The Bertz CT molecular complexity index is 653. The van der Waals surface area contributed by atoms with Crippen molar-refractivity contribution in [1.29, 1.82) is 0 Å². The number of aryl methyl sites for hydroxylation is 1. The molecule has 2 aromatic rings. The van der Waals surface area contributed by atoms with Gasteiger partial charge < -0.3 is 5.32 Å². The van der Waals surface area contributed by atoms with Gasteiger partial charge in [0.05, 0.1) is 15.9 Å². The first-order valence-electron chi connectivity index (χ1n) is 7.12. The van der Waals surface area contributed by atoms with Crippen LogP contribution in [0.25, 0.3) is 5.82 Å². The van der Waals surface area contributed by atoms with Crippen molar-refractivity contribution in [3.8, 4) is 5.82 Å². The Morgan fingerprint density at radius 2 is 1.90 bits per heavy atom. The van der Waals surface area contributed by atoms with Gasteiger partial charge >= 0.3 is 0 Å². The summed E-state index contributed by atoms with van der Waals surface area (Å²) in [6.07, 6.45) is 0. The van der Waals surface area contributed by atoms with Crippen molar-refractivity contribution in [3.05, 3.63) is 39.3 Å². The maximum atomic E-state index is 4.82. The Morgan fingerprint density at radius 3 is 2.38 bits per heavy atom. The Balaban J connectivity index is 2.62. The fourth-order valence-corrected chi connectivity index (χ4v) is 2.46. The largest absolute Gasteiger partial charge is 0.316 e. The van der Waals surface area contributed by atoms with Crippen LogP contribution in [0.15, 0.2) is 16.6 Å². The molecule has 2 rings (SSSR count). The molecular formula is C16H23BrN4. The molecular weight excluding hydrogens is 328 g/mol. The highest BCUT2D eigenvalue weighted by Gasteiger charge is 2.19. The number of pyridine rings is 1. The molecule has 0 aliphatic heterocycles. The third-order valence-corrected chi connectivity index (χ3v) is 4.59. The van der Waals surface area contributed by atoms with Crippen LogP contribution >= 0.6 is 15.9 Å². The Labute approximate surface area is 135 Å². The van der Waals surface area contributed by atoms with Crippen LogP contribution in [0.5, 0.6) is 0 Å².